The monoisotopic (exact) mass is 297 g/mol. The number of hydrogen-bond donors (Lipinski definition) is 1. The van der Waals surface area contributed by atoms with Gasteiger partial charge in [-0.2, -0.15) is 4.98 Å². The molecule has 2 atom stereocenters. The highest BCUT2D eigenvalue weighted by Crippen LogP contribution is 2.38. The van der Waals surface area contributed by atoms with Crippen LogP contribution in [0.5, 0.6) is 0 Å². The van der Waals surface area contributed by atoms with Gasteiger partial charge < -0.3 is 10.3 Å². The molecule has 1 saturated carbocycles. The van der Waals surface area contributed by atoms with Gasteiger partial charge in [-0.1, -0.05) is 36.5 Å². The fourth-order valence-electron chi connectivity index (χ4n) is 2.76. The summed E-state index contributed by atoms with van der Waals surface area (Å²) in [5.74, 6) is 1.68. The molecule has 2 heterocycles. The van der Waals surface area contributed by atoms with E-state index in [4.69, 9.17) is 21.9 Å². The predicted molar refractivity (Wildman–Crippen MR) is 76.1 cm³/mol. The molecule has 0 radical (unpaired) electrons. The Morgan fingerprint density at radius 2 is 2.42 bits per heavy atom. The summed E-state index contributed by atoms with van der Waals surface area (Å²) in [5.41, 5.74) is 6.01. The van der Waals surface area contributed by atoms with Crippen LogP contribution in [0, 0.1) is 5.92 Å². The second-order valence-corrected chi connectivity index (χ2v) is 6.70. The van der Waals surface area contributed by atoms with Gasteiger partial charge in [0.2, 0.25) is 0 Å². The maximum Gasteiger partial charge on any atom is 0.269 e. The van der Waals surface area contributed by atoms with Gasteiger partial charge in [-0.3, -0.25) is 0 Å². The van der Waals surface area contributed by atoms with Crippen LogP contribution >= 0.6 is 22.9 Å². The van der Waals surface area contributed by atoms with Gasteiger partial charge >= 0.3 is 0 Å². The van der Waals surface area contributed by atoms with Gasteiger partial charge in [0.15, 0.2) is 5.82 Å². The first-order valence-corrected chi connectivity index (χ1v) is 7.71. The number of thiophene rings is 1. The summed E-state index contributed by atoms with van der Waals surface area (Å²) < 4.78 is 5.33. The Kier molecular flexibility index (Phi) is 3.37. The molecule has 0 saturated heterocycles. The zero-order valence-corrected chi connectivity index (χ0v) is 12.3. The minimum absolute atomic E-state index is 0.455. The predicted octanol–water partition coefficient (Wildman–Crippen LogP) is 3.82. The van der Waals surface area contributed by atoms with Crippen LogP contribution in [-0.2, 0) is 5.54 Å². The lowest BCUT2D eigenvalue weighted by Gasteiger charge is -2.33. The van der Waals surface area contributed by atoms with Crippen LogP contribution in [-0.4, -0.2) is 10.1 Å². The van der Waals surface area contributed by atoms with Crippen molar-refractivity contribution < 1.29 is 4.52 Å². The van der Waals surface area contributed by atoms with Crippen LogP contribution in [0.3, 0.4) is 0 Å². The molecule has 1 fully saturated rings. The lowest BCUT2D eigenvalue weighted by Crippen LogP contribution is -2.42. The molecule has 0 aliphatic heterocycles. The molecule has 2 N–H and O–H groups in total. The van der Waals surface area contributed by atoms with Gasteiger partial charge in [-0.05, 0) is 30.2 Å². The van der Waals surface area contributed by atoms with E-state index in [0.717, 1.165) is 24.1 Å². The van der Waals surface area contributed by atoms with Crippen molar-refractivity contribution >= 4 is 22.9 Å². The maximum absolute atomic E-state index is 6.46. The molecule has 2 aromatic heterocycles. The zero-order chi connectivity index (χ0) is 13.5. The maximum atomic E-state index is 6.46. The summed E-state index contributed by atoms with van der Waals surface area (Å²) in [5, 5.41) is 6.63. The van der Waals surface area contributed by atoms with E-state index in [9.17, 15) is 0 Å². The highest BCUT2D eigenvalue weighted by atomic mass is 35.5. The van der Waals surface area contributed by atoms with Crippen molar-refractivity contribution in [3.05, 3.63) is 22.3 Å². The van der Waals surface area contributed by atoms with Gasteiger partial charge in [0.1, 0.15) is 4.88 Å². The van der Waals surface area contributed by atoms with E-state index in [2.05, 4.69) is 17.1 Å². The Hall–Kier alpha value is -0.910. The summed E-state index contributed by atoms with van der Waals surface area (Å²) in [7, 11) is 0. The first-order valence-electron chi connectivity index (χ1n) is 6.45. The Bertz CT molecular complexity index is 582. The first-order chi connectivity index (χ1) is 9.08. The van der Waals surface area contributed by atoms with Crippen molar-refractivity contribution in [1.29, 1.82) is 0 Å². The number of aromatic nitrogens is 2. The van der Waals surface area contributed by atoms with Gasteiger partial charge in [-0.15, -0.1) is 11.3 Å². The molecule has 102 valence electrons. The van der Waals surface area contributed by atoms with Crippen LogP contribution < -0.4 is 5.73 Å². The fourth-order valence-corrected chi connectivity index (χ4v) is 3.82. The lowest BCUT2D eigenvalue weighted by molar-refractivity contribution is 0.222. The molecule has 3 rings (SSSR count). The molecule has 6 heteroatoms. The van der Waals surface area contributed by atoms with E-state index < -0.39 is 5.54 Å². The van der Waals surface area contributed by atoms with E-state index in [-0.39, 0.29) is 0 Å². The summed E-state index contributed by atoms with van der Waals surface area (Å²) in [4.78, 5) is 5.28. The normalized spacial score (nSPS) is 27.6. The molecule has 0 amide bonds. The third-order valence-electron chi connectivity index (χ3n) is 3.72. The second kappa shape index (κ2) is 4.89. The number of nitrogens with zero attached hydrogens (tertiary/aromatic N) is 2. The average Bonchev–Trinajstić information content (AvgIpc) is 2.96. The smallest absolute Gasteiger partial charge is 0.269 e. The van der Waals surface area contributed by atoms with E-state index >= 15 is 0 Å². The minimum Gasteiger partial charge on any atom is -0.333 e. The van der Waals surface area contributed by atoms with Gasteiger partial charge in [0, 0.05) is 0 Å². The second-order valence-electron chi connectivity index (χ2n) is 5.38. The molecule has 1 aliphatic carbocycles. The van der Waals surface area contributed by atoms with Crippen molar-refractivity contribution in [2.75, 3.05) is 0 Å². The van der Waals surface area contributed by atoms with Crippen LogP contribution in [0.1, 0.15) is 38.4 Å². The molecule has 0 bridgehead atoms. The molecule has 2 unspecified atom stereocenters. The van der Waals surface area contributed by atoms with Crippen molar-refractivity contribution in [2.45, 2.75) is 38.1 Å². The molecule has 1 aliphatic rings. The van der Waals surface area contributed by atoms with Gasteiger partial charge in [-0.25, -0.2) is 0 Å². The Morgan fingerprint density at radius 1 is 1.58 bits per heavy atom. The van der Waals surface area contributed by atoms with Crippen molar-refractivity contribution in [3.8, 4) is 10.8 Å². The van der Waals surface area contributed by atoms with E-state index in [1.165, 1.54) is 17.8 Å². The summed E-state index contributed by atoms with van der Waals surface area (Å²) in [6.07, 6.45) is 4.15. The number of nitrogens with two attached hydrogens (primary N) is 1. The van der Waals surface area contributed by atoms with Gasteiger partial charge in [0.05, 0.1) is 10.6 Å². The molecule has 2 aromatic rings. The average molecular weight is 298 g/mol. The standard InChI is InChI=1S/C13H16ClN3OS/c1-8-3-2-5-13(15,7-8)12-16-11(18-17-12)10-9(14)4-6-19-10/h4,6,8H,2-3,5,7,15H2,1H3. The zero-order valence-electron chi connectivity index (χ0n) is 10.7. The Balaban J connectivity index is 1.91. The van der Waals surface area contributed by atoms with Gasteiger partial charge in [0.25, 0.3) is 5.89 Å². The van der Waals surface area contributed by atoms with E-state index in [0.29, 0.717) is 22.7 Å². The molecular formula is C13H16ClN3OS. The molecule has 19 heavy (non-hydrogen) atoms. The van der Waals surface area contributed by atoms with Crippen LogP contribution in [0.2, 0.25) is 5.02 Å². The molecule has 0 aromatic carbocycles. The summed E-state index contributed by atoms with van der Waals surface area (Å²) >= 11 is 7.57. The number of rotatable bonds is 2. The third kappa shape index (κ3) is 2.42. The summed E-state index contributed by atoms with van der Waals surface area (Å²) in [6.45, 7) is 2.22. The quantitative estimate of drug-likeness (QED) is 0.915. The molecule has 4 nitrogen and oxygen atoms in total. The number of halogens is 1. The third-order valence-corrected chi connectivity index (χ3v) is 5.04. The SMILES string of the molecule is CC1CCCC(N)(c2noc(-c3sccc3Cl)n2)C1. The van der Waals surface area contributed by atoms with Crippen molar-refractivity contribution in [3.63, 3.8) is 0 Å². The first kappa shape index (κ1) is 13.1. The molecule has 0 spiro atoms. The Morgan fingerprint density at radius 3 is 3.11 bits per heavy atom. The lowest BCUT2D eigenvalue weighted by atomic mass is 9.76. The van der Waals surface area contributed by atoms with Crippen molar-refractivity contribution in [1.82, 2.24) is 10.1 Å². The van der Waals surface area contributed by atoms with Crippen LogP contribution in [0.25, 0.3) is 10.8 Å². The number of hydrogen-bond acceptors (Lipinski definition) is 5. The highest BCUT2D eigenvalue weighted by Gasteiger charge is 2.37. The van der Waals surface area contributed by atoms with Crippen LogP contribution in [0.4, 0.5) is 0 Å². The largest absolute Gasteiger partial charge is 0.333 e. The van der Waals surface area contributed by atoms with E-state index in [1.54, 1.807) is 0 Å². The van der Waals surface area contributed by atoms with E-state index in [1.807, 2.05) is 11.4 Å². The van der Waals surface area contributed by atoms with Crippen LogP contribution in [0.15, 0.2) is 16.0 Å². The summed E-state index contributed by atoms with van der Waals surface area (Å²) in [6, 6.07) is 1.83. The Labute approximate surface area is 121 Å². The minimum atomic E-state index is -0.455. The topological polar surface area (TPSA) is 64.9 Å². The highest BCUT2D eigenvalue weighted by molar-refractivity contribution is 7.14. The fraction of sp³-hybridized carbons (Fsp3) is 0.538. The van der Waals surface area contributed by atoms with Crippen molar-refractivity contribution in [2.24, 2.45) is 11.7 Å². The molecular weight excluding hydrogens is 282 g/mol.